The first-order valence-electron chi connectivity index (χ1n) is 9.96. The van der Waals surface area contributed by atoms with Gasteiger partial charge in [-0.2, -0.15) is 4.72 Å². The first-order valence-corrected chi connectivity index (χ1v) is 12.3. The zero-order chi connectivity index (χ0) is 21.2. The Kier molecular flexibility index (Phi) is 8.19. The molecule has 0 saturated carbocycles. The minimum Gasteiger partial charge on any atom is -0.355 e. The lowest BCUT2D eigenvalue weighted by Gasteiger charge is -2.18. The van der Waals surface area contributed by atoms with E-state index >= 15 is 0 Å². The monoisotopic (exact) mass is 442 g/mol. The number of benzene rings is 2. The van der Waals surface area contributed by atoms with Gasteiger partial charge in [0, 0.05) is 6.54 Å². The Balaban J connectivity index is 1.57. The lowest BCUT2D eigenvalue weighted by atomic mass is 10.1. The second-order valence-electron chi connectivity index (χ2n) is 7.03. The summed E-state index contributed by atoms with van der Waals surface area (Å²) in [6.45, 7) is 0.512. The van der Waals surface area contributed by atoms with Crippen LogP contribution in [-0.4, -0.2) is 26.9 Å². The number of hydrogen-bond donors (Lipinski definition) is 2. The summed E-state index contributed by atoms with van der Waals surface area (Å²) in [6.07, 6.45) is 3.03. The number of amides is 1. The standard InChI is InChI=1S/C23H26N2O3S2/c26-23(24-16-8-7-12-19-10-3-1-4-11-19)21(18-20-13-5-2-6-14-20)25-30(27,28)22-15-9-17-29-22/h1-6,9-11,13-15,17,21,25H,7-8,12,16,18H2,(H,24,26). The second-order valence-corrected chi connectivity index (χ2v) is 9.92. The summed E-state index contributed by atoms with van der Waals surface area (Å²) in [5.74, 6) is -0.307. The van der Waals surface area contributed by atoms with Gasteiger partial charge in [-0.25, -0.2) is 8.42 Å². The summed E-state index contributed by atoms with van der Waals surface area (Å²) in [6, 6.07) is 22.0. The Hall–Kier alpha value is -2.48. The van der Waals surface area contributed by atoms with Crippen LogP contribution in [-0.2, 0) is 27.7 Å². The van der Waals surface area contributed by atoms with Crippen LogP contribution in [0.2, 0.25) is 0 Å². The van der Waals surface area contributed by atoms with Gasteiger partial charge in [0.15, 0.2) is 0 Å². The number of sulfonamides is 1. The Morgan fingerprint density at radius 3 is 2.17 bits per heavy atom. The first-order chi connectivity index (χ1) is 14.5. The lowest BCUT2D eigenvalue weighted by Crippen LogP contribution is -2.48. The minimum absolute atomic E-state index is 0.205. The molecule has 0 saturated heterocycles. The number of unbranched alkanes of at least 4 members (excludes halogenated alkanes) is 1. The van der Waals surface area contributed by atoms with E-state index in [0.29, 0.717) is 13.0 Å². The highest BCUT2D eigenvalue weighted by Crippen LogP contribution is 2.17. The third kappa shape index (κ3) is 6.79. The normalized spacial score (nSPS) is 12.4. The summed E-state index contributed by atoms with van der Waals surface area (Å²) in [4.78, 5) is 12.8. The number of hydrogen-bond acceptors (Lipinski definition) is 4. The van der Waals surface area contributed by atoms with E-state index < -0.39 is 16.1 Å². The van der Waals surface area contributed by atoms with Gasteiger partial charge < -0.3 is 5.32 Å². The number of rotatable bonds is 11. The fraction of sp³-hybridized carbons (Fsp3) is 0.261. The van der Waals surface area contributed by atoms with Gasteiger partial charge in [-0.15, -0.1) is 11.3 Å². The third-order valence-corrected chi connectivity index (χ3v) is 7.56. The van der Waals surface area contributed by atoms with Crippen LogP contribution in [0.25, 0.3) is 0 Å². The highest BCUT2D eigenvalue weighted by Gasteiger charge is 2.26. The molecule has 1 unspecified atom stereocenters. The summed E-state index contributed by atoms with van der Waals surface area (Å²) < 4.78 is 28.1. The van der Waals surface area contributed by atoms with Crippen molar-refractivity contribution in [1.82, 2.24) is 10.0 Å². The number of nitrogens with one attached hydrogen (secondary N) is 2. The Labute approximate surface area is 182 Å². The number of aryl methyl sites for hydroxylation is 1. The summed E-state index contributed by atoms with van der Waals surface area (Å²) in [5.41, 5.74) is 2.17. The largest absolute Gasteiger partial charge is 0.355 e. The fourth-order valence-electron chi connectivity index (χ4n) is 3.13. The van der Waals surface area contributed by atoms with Gasteiger partial charge in [0.1, 0.15) is 10.3 Å². The van der Waals surface area contributed by atoms with E-state index in [4.69, 9.17) is 0 Å². The van der Waals surface area contributed by atoms with Gasteiger partial charge in [-0.3, -0.25) is 4.79 Å². The van der Waals surface area contributed by atoms with Crippen molar-refractivity contribution in [2.75, 3.05) is 6.54 Å². The maximum absolute atomic E-state index is 12.8. The van der Waals surface area contributed by atoms with Crippen molar-refractivity contribution in [2.45, 2.75) is 35.9 Å². The summed E-state index contributed by atoms with van der Waals surface area (Å²) in [7, 11) is -3.74. The number of carbonyl (C=O) groups excluding carboxylic acids is 1. The van der Waals surface area contributed by atoms with Crippen LogP contribution < -0.4 is 10.0 Å². The van der Waals surface area contributed by atoms with Crippen molar-refractivity contribution >= 4 is 27.3 Å². The molecule has 1 heterocycles. The smallest absolute Gasteiger partial charge is 0.250 e. The molecule has 1 atom stereocenters. The predicted molar refractivity (Wildman–Crippen MR) is 121 cm³/mol. The molecule has 3 aromatic rings. The highest BCUT2D eigenvalue weighted by atomic mass is 32.2. The van der Waals surface area contributed by atoms with Crippen molar-refractivity contribution in [3.8, 4) is 0 Å². The quantitative estimate of drug-likeness (QED) is 0.444. The van der Waals surface area contributed by atoms with E-state index in [2.05, 4.69) is 22.2 Å². The van der Waals surface area contributed by atoms with Crippen molar-refractivity contribution in [1.29, 1.82) is 0 Å². The topological polar surface area (TPSA) is 75.3 Å². The minimum atomic E-state index is -3.74. The van der Waals surface area contributed by atoms with Gasteiger partial charge in [0.2, 0.25) is 5.91 Å². The number of thiophene rings is 1. The second kappa shape index (κ2) is 11.1. The van der Waals surface area contributed by atoms with E-state index in [0.717, 1.165) is 36.2 Å². The van der Waals surface area contributed by atoms with Crippen molar-refractivity contribution < 1.29 is 13.2 Å². The molecule has 0 fully saturated rings. The van der Waals surface area contributed by atoms with Crippen LogP contribution in [0.5, 0.6) is 0 Å². The van der Waals surface area contributed by atoms with E-state index in [1.54, 1.807) is 11.4 Å². The van der Waals surface area contributed by atoms with E-state index in [9.17, 15) is 13.2 Å². The summed E-state index contributed by atoms with van der Waals surface area (Å²) in [5, 5.41) is 4.60. The molecule has 2 N–H and O–H groups in total. The van der Waals surface area contributed by atoms with Crippen LogP contribution in [0.1, 0.15) is 24.0 Å². The van der Waals surface area contributed by atoms with Crippen molar-refractivity contribution in [3.63, 3.8) is 0 Å². The summed E-state index contributed by atoms with van der Waals surface area (Å²) >= 11 is 1.13. The maximum atomic E-state index is 12.8. The highest BCUT2D eigenvalue weighted by molar-refractivity contribution is 7.91. The zero-order valence-corrected chi connectivity index (χ0v) is 18.3. The molecule has 2 aromatic carbocycles. The molecular formula is C23H26N2O3S2. The van der Waals surface area contributed by atoms with E-state index in [1.165, 1.54) is 11.6 Å². The van der Waals surface area contributed by atoms with Gasteiger partial charge >= 0.3 is 0 Å². The molecule has 0 aliphatic carbocycles. The predicted octanol–water partition coefficient (Wildman–Crippen LogP) is 3.78. The molecule has 7 heteroatoms. The Morgan fingerprint density at radius 2 is 1.53 bits per heavy atom. The van der Waals surface area contributed by atoms with Crippen LogP contribution in [0.4, 0.5) is 0 Å². The van der Waals surface area contributed by atoms with Crippen LogP contribution in [0.3, 0.4) is 0 Å². The number of carbonyl (C=O) groups is 1. The van der Waals surface area contributed by atoms with E-state index in [-0.39, 0.29) is 10.1 Å². The van der Waals surface area contributed by atoms with Crippen molar-refractivity contribution in [3.05, 3.63) is 89.3 Å². The average molecular weight is 443 g/mol. The Morgan fingerprint density at radius 1 is 0.867 bits per heavy atom. The van der Waals surface area contributed by atoms with Crippen LogP contribution in [0.15, 0.2) is 82.4 Å². The molecular weight excluding hydrogens is 416 g/mol. The maximum Gasteiger partial charge on any atom is 0.250 e. The average Bonchev–Trinajstić information content (AvgIpc) is 3.30. The molecule has 1 aromatic heterocycles. The molecule has 158 valence electrons. The molecule has 0 aliphatic rings. The molecule has 0 aliphatic heterocycles. The molecule has 0 spiro atoms. The molecule has 0 bridgehead atoms. The van der Waals surface area contributed by atoms with Gasteiger partial charge in [-0.1, -0.05) is 66.7 Å². The lowest BCUT2D eigenvalue weighted by molar-refractivity contribution is -0.122. The van der Waals surface area contributed by atoms with Crippen LogP contribution in [0, 0.1) is 0 Å². The molecule has 30 heavy (non-hydrogen) atoms. The first kappa shape index (κ1) is 22.2. The van der Waals surface area contributed by atoms with Crippen molar-refractivity contribution in [2.24, 2.45) is 0 Å². The molecule has 3 rings (SSSR count). The molecule has 1 amide bonds. The SMILES string of the molecule is O=C(NCCCCc1ccccc1)C(Cc1ccccc1)NS(=O)(=O)c1cccs1. The zero-order valence-electron chi connectivity index (χ0n) is 16.7. The van der Waals surface area contributed by atoms with Gasteiger partial charge in [0.25, 0.3) is 10.0 Å². The van der Waals surface area contributed by atoms with Crippen LogP contribution >= 0.6 is 11.3 Å². The van der Waals surface area contributed by atoms with E-state index in [1.807, 2.05) is 48.5 Å². The molecule has 0 radical (unpaired) electrons. The van der Waals surface area contributed by atoms with Gasteiger partial charge in [0.05, 0.1) is 0 Å². The van der Waals surface area contributed by atoms with Gasteiger partial charge in [-0.05, 0) is 48.3 Å². The fourth-order valence-corrected chi connectivity index (χ4v) is 5.34. The third-order valence-electron chi connectivity index (χ3n) is 4.69. The molecule has 5 nitrogen and oxygen atoms in total. The Bertz CT molecular complexity index is 1010.